The third-order valence-electron chi connectivity index (χ3n) is 3.14. The van der Waals surface area contributed by atoms with Gasteiger partial charge >= 0.3 is 12.1 Å². The molecule has 2 N–H and O–H groups in total. The lowest BCUT2D eigenvalue weighted by molar-refractivity contribution is -0.144. The number of nitrogens with one attached hydrogen (secondary N) is 1. The molecule has 0 saturated heterocycles. The standard InChI is InChI=1S/C17H23BrFNO5/c1-16(2,3)25-15(23)20-17(4,14(21)22)10-11-5-6-12(18)13(9-11)24-8-7-19/h5-6,9H,7-8,10H2,1-4H3,(H,20,23)(H,21,22)/t17-/m0/s1. The molecule has 0 radical (unpaired) electrons. The van der Waals surface area contributed by atoms with Crippen LogP contribution in [0.3, 0.4) is 0 Å². The zero-order valence-electron chi connectivity index (χ0n) is 14.7. The molecule has 0 heterocycles. The number of halogens is 2. The number of hydrogen-bond acceptors (Lipinski definition) is 4. The third kappa shape index (κ3) is 6.89. The Labute approximate surface area is 154 Å². The molecule has 6 nitrogen and oxygen atoms in total. The predicted molar refractivity (Wildman–Crippen MR) is 94.7 cm³/mol. The lowest BCUT2D eigenvalue weighted by Gasteiger charge is -2.28. The summed E-state index contributed by atoms with van der Waals surface area (Å²) in [7, 11) is 0. The number of rotatable bonds is 7. The van der Waals surface area contributed by atoms with E-state index in [1.54, 1.807) is 39.0 Å². The summed E-state index contributed by atoms with van der Waals surface area (Å²) >= 11 is 3.29. The van der Waals surface area contributed by atoms with Crippen LogP contribution in [0.4, 0.5) is 9.18 Å². The molecule has 140 valence electrons. The summed E-state index contributed by atoms with van der Waals surface area (Å²) in [6, 6.07) is 4.99. The van der Waals surface area contributed by atoms with Crippen LogP contribution < -0.4 is 10.1 Å². The fourth-order valence-corrected chi connectivity index (χ4v) is 2.39. The topological polar surface area (TPSA) is 84.9 Å². The van der Waals surface area contributed by atoms with Crippen molar-refractivity contribution >= 4 is 28.0 Å². The van der Waals surface area contributed by atoms with Gasteiger partial charge < -0.3 is 19.9 Å². The Morgan fingerprint density at radius 2 is 1.92 bits per heavy atom. The van der Waals surface area contributed by atoms with E-state index in [0.717, 1.165) is 0 Å². The summed E-state index contributed by atoms with van der Waals surface area (Å²) < 4.78 is 23.3. The van der Waals surface area contributed by atoms with Gasteiger partial charge in [-0.15, -0.1) is 0 Å². The first-order valence-electron chi connectivity index (χ1n) is 7.68. The Balaban J connectivity index is 2.97. The highest BCUT2D eigenvalue weighted by molar-refractivity contribution is 9.10. The number of alkyl carbamates (subject to hydrolysis) is 1. The maximum absolute atomic E-state index is 12.3. The van der Waals surface area contributed by atoms with Crippen molar-refractivity contribution in [3.8, 4) is 5.75 Å². The second-order valence-electron chi connectivity index (χ2n) is 6.74. The Hall–Kier alpha value is -1.83. The van der Waals surface area contributed by atoms with Crippen LogP contribution in [-0.2, 0) is 16.0 Å². The van der Waals surface area contributed by atoms with Crippen LogP contribution in [-0.4, -0.2) is 41.6 Å². The molecule has 0 aromatic heterocycles. The number of carboxylic acids is 1. The van der Waals surface area contributed by atoms with Crippen molar-refractivity contribution in [2.45, 2.75) is 45.3 Å². The predicted octanol–water partition coefficient (Wildman–Crippen LogP) is 3.71. The second-order valence-corrected chi connectivity index (χ2v) is 7.60. The fraction of sp³-hybridized carbons (Fsp3) is 0.529. The molecule has 1 atom stereocenters. The van der Waals surface area contributed by atoms with Crippen LogP contribution in [0.15, 0.2) is 22.7 Å². The van der Waals surface area contributed by atoms with E-state index < -0.39 is 29.9 Å². The molecule has 0 aliphatic rings. The smallest absolute Gasteiger partial charge is 0.408 e. The molecule has 0 aliphatic carbocycles. The van der Waals surface area contributed by atoms with Crippen LogP contribution in [0.25, 0.3) is 0 Å². The maximum atomic E-state index is 12.3. The molecule has 0 bridgehead atoms. The maximum Gasteiger partial charge on any atom is 0.408 e. The van der Waals surface area contributed by atoms with Crippen LogP contribution in [0.1, 0.15) is 33.3 Å². The van der Waals surface area contributed by atoms with Crippen LogP contribution in [0.2, 0.25) is 0 Å². The van der Waals surface area contributed by atoms with Crippen LogP contribution in [0, 0.1) is 0 Å². The molecule has 0 aliphatic heterocycles. The Kier molecular flexibility index (Phi) is 7.22. The van der Waals surface area contributed by atoms with Gasteiger partial charge in [-0.1, -0.05) is 6.07 Å². The van der Waals surface area contributed by atoms with E-state index in [4.69, 9.17) is 9.47 Å². The minimum atomic E-state index is -1.58. The molecule has 0 saturated carbocycles. The van der Waals surface area contributed by atoms with Gasteiger partial charge in [-0.05, 0) is 61.3 Å². The van der Waals surface area contributed by atoms with Crippen molar-refractivity contribution < 1.29 is 28.6 Å². The van der Waals surface area contributed by atoms with E-state index in [9.17, 15) is 19.1 Å². The molecule has 1 aromatic carbocycles. The third-order valence-corrected chi connectivity index (χ3v) is 3.79. The lowest BCUT2D eigenvalue weighted by atomic mass is 9.93. The molecule has 1 rings (SSSR count). The lowest BCUT2D eigenvalue weighted by Crippen LogP contribution is -2.54. The minimum Gasteiger partial charge on any atom is -0.490 e. The monoisotopic (exact) mass is 419 g/mol. The van der Waals surface area contributed by atoms with Gasteiger partial charge in [-0.25, -0.2) is 14.0 Å². The number of aliphatic carboxylic acids is 1. The van der Waals surface area contributed by atoms with Gasteiger partial charge in [0.15, 0.2) is 0 Å². The van der Waals surface area contributed by atoms with Gasteiger partial charge in [0, 0.05) is 6.42 Å². The number of alkyl halides is 1. The average Bonchev–Trinajstić information content (AvgIpc) is 2.45. The van der Waals surface area contributed by atoms with E-state index in [1.165, 1.54) is 6.92 Å². The summed E-state index contributed by atoms with van der Waals surface area (Å²) in [5.41, 5.74) is -1.71. The van der Waals surface area contributed by atoms with Gasteiger partial charge in [-0.3, -0.25) is 0 Å². The zero-order chi connectivity index (χ0) is 19.3. The molecule has 0 unspecified atom stereocenters. The Bertz CT molecular complexity index is 632. The molecular formula is C17H23BrFNO5. The summed E-state index contributed by atoms with van der Waals surface area (Å²) in [5, 5.41) is 11.9. The zero-order valence-corrected chi connectivity index (χ0v) is 16.3. The second kappa shape index (κ2) is 8.51. The van der Waals surface area contributed by atoms with Gasteiger partial charge in [0.1, 0.15) is 30.2 Å². The highest BCUT2D eigenvalue weighted by atomic mass is 79.9. The first-order chi connectivity index (χ1) is 11.5. The van der Waals surface area contributed by atoms with Crippen molar-refractivity contribution in [1.82, 2.24) is 5.32 Å². The number of benzene rings is 1. The fourth-order valence-electron chi connectivity index (χ4n) is 2.03. The highest BCUT2D eigenvalue weighted by Crippen LogP contribution is 2.28. The highest BCUT2D eigenvalue weighted by Gasteiger charge is 2.36. The number of amides is 1. The van der Waals surface area contributed by atoms with Crippen molar-refractivity contribution in [2.75, 3.05) is 13.3 Å². The van der Waals surface area contributed by atoms with Crippen LogP contribution >= 0.6 is 15.9 Å². The number of carbonyl (C=O) groups is 2. The van der Waals surface area contributed by atoms with Crippen molar-refractivity contribution in [2.24, 2.45) is 0 Å². The van der Waals surface area contributed by atoms with E-state index in [-0.39, 0.29) is 13.0 Å². The van der Waals surface area contributed by atoms with Crippen molar-refractivity contribution in [3.63, 3.8) is 0 Å². The van der Waals surface area contributed by atoms with E-state index >= 15 is 0 Å². The SMILES string of the molecule is CC(C)(C)OC(=O)N[C@@](C)(Cc1ccc(Br)c(OCCF)c1)C(=O)O. The van der Waals surface area contributed by atoms with E-state index in [1.807, 2.05) is 0 Å². The Morgan fingerprint density at radius 1 is 1.28 bits per heavy atom. The van der Waals surface area contributed by atoms with Gasteiger partial charge in [0.2, 0.25) is 0 Å². The number of carboxylic acid groups (broad SMARTS) is 1. The molecule has 0 fully saturated rings. The Morgan fingerprint density at radius 3 is 2.44 bits per heavy atom. The summed E-state index contributed by atoms with van der Waals surface area (Å²) in [5.74, 6) is -0.798. The first kappa shape index (κ1) is 21.2. The number of carbonyl (C=O) groups excluding carboxylic acids is 1. The van der Waals surface area contributed by atoms with Crippen LogP contribution in [0.5, 0.6) is 5.75 Å². The first-order valence-corrected chi connectivity index (χ1v) is 8.48. The average molecular weight is 420 g/mol. The van der Waals surface area contributed by atoms with Gasteiger partial charge in [0.25, 0.3) is 0 Å². The largest absolute Gasteiger partial charge is 0.490 e. The van der Waals surface area contributed by atoms with Gasteiger partial charge in [0.05, 0.1) is 4.47 Å². The van der Waals surface area contributed by atoms with Crippen molar-refractivity contribution in [3.05, 3.63) is 28.2 Å². The normalized spacial score (nSPS) is 13.7. The molecule has 25 heavy (non-hydrogen) atoms. The molecule has 1 amide bonds. The quantitative estimate of drug-likeness (QED) is 0.703. The van der Waals surface area contributed by atoms with Crippen molar-refractivity contribution in [1.29, 1.82) is 0 Å². The number of ether oxygens (including phenoxy) is 2. The minimum absolute atomic E-state index is 0.000835. The molecule has 0 spiro atoms. The molecule has 8 heteroatoms. The summed E-state index contributed by atoms with van der Waals surface area (Å²) in [4.78, 5) is 23.7. The molecular weight excluding hydrogens is 397 g/mol. The van der Waals surface area contributed by atoms with E-state index in [0.29, 0.717) is 15.8 Å². The number of hydrogen-bond donors (Lipinski definition) is 2. The van der Waals surface area contributed by atoms with E-state index in [2.05, 4.69) is 21.2 Å². The summed E-state index contributed by atoms with van der Waals surface area (Å²) in [6.45, 7) is 5.72. The molecule has 1 aromatic rings. The van der Waals surface area contributed by atoms with Gasteiger partial charge in [-0.2, -0.15) is 0 Å². The summed E-state index contributed by atoms with van der Waals surface area (Å²) in [6.07, 6.45) is -0.815.